The molecule has 1 saturated heterocycles. The van der Waals surface area contributed by atoms with Crippen molar-refractivity contribution in [3.63, 3.8) is 0 Å². The van der Waals surface area contributed by atoms with E-state index in [0.717, 1.165) is 4.57 Å². The molecule has 0 radical (unpaired) electrons. The van der Waals surface area contributed by atoms with Crippen LogP contribution < -0.4 is 5.56 Å². The molecule has 0 amide bonds. The van der Waals surface area contributed by atoms with E-state index in [1.165, 1.54) is 10.7 Å². The number of hydrogen-bond donors (Lipinski definition) is 3. The van der Waals surface area contributed by atoms with Gasteiger partial charge in [0.1, 0.15) is 23.8 Å². The molecule has 3 N–H and O–H groups in total. The zero-order valence-electron chi connectivity index (χ0n) is 10.6. The van der Waals surface area contributed by atoms with Crippen LogP contribution in [0.4, 0.5) is 0 Å². The predicted octanol–water partition coefficient (Wildman–Crippen LogP) is -2.26. The van der Waals surface area contributed by atoms with E-state index in [4.69, 9.17) is 9.84 Å². The topological polar surface area (TPSA) is 123 Å². The second kappa shape index (κ2) is 4.63. The molecule has 0 aromatic carbocycles. The highest BCUT2D eigenvalue weighted by Gasteiger charge is 2.44. The van der Waals surface area contributed by atoms with E-state index in [9.17, 15) is 15.0 Å². The SMILES string of the molecule is Cn1nnc2c1ccc(=O)n2[C@@H]1O[C@@H](CO)[C@@H](O)[C@@H]1O. The van der Waals surface area contributed by atoms with Gasteiger partial charge in [0, 0.05) is 13.1 Å². The molecule has 2 aromatic rings. The first kappa shape index (κ1) is 13.2. The van der Waals surface area contributed by atoms with Gasteiger partial charge in [-0.3, -0.25) is 9.36 Å². The lowest BCUT2D eigenvalue weighted by Crippen LogP contribution is -2.35. The van der Waals surface area contributed by atoms with Crippen molar-refractivity contribution in [2.24, 2.45) is 7.05 Å². The number of ether oxygens (including phenoxy) is 1. The molecule has 3 heterocycles. The second-order valence-electron chi connectivity index (χ2n) is 4.69. The predicted molar refractivity (Wildman–Crippen MR) is 65.8 cm³/mol. The molecule has 1 aliphatic heterocycles. The van der Waals surface area contributed by atoms with E-state index < -0.39 is 36.7 Å². The van der Waals surface area contributed by atoms with Crippen molar-refractivity contribution in [2.75, 3.05) is 6.61 Å². The summed E-state index contributed by atoms with van der Waals surface area (Å²) in [5, 5.41) is 36.5. The van der Waals surface area contributed by atoms with E-state index in [2.05, 4.69) is 10.3 Å². The Hall–Kier alpha value is -1.81. The third-order valence-electron chi connectivity index (χ3n) is 3.47. The highest BCUT2D eigenvalue weighted by atomic mass is 16.6. The first-order valence-corrected chi connectivity index (χ1v) is 6.08. The van der Waals surface area contributed by atoms with Gasteiger partial charge in [-0.15, -0.1) is 5.10 Å². The van der Waals surface area contributed by atoms with Gasteiger partial charge in [0.15, 0.2) is 11.9 Å². The van der Waals surface area contributed by atoms with Crippen molar-refractivity contribution in [1.29, 1.82) is 0 Å². The Kier molecular flexibility index (Phi) is 3.05. The van der Waals surface area contributed by atoms with Crippen LogP contribution in [0, 0.1) is 0 Å². The highest BCUT2D eigenvalue weighted by molar-refractivity contribution is 5.70. The fourth-order valence-corrected chi connectivity index (χ4v) is 2.38. The Labute approximate surface area is 112 Å². The molecule has 2 aromatic heterocycles. The fraction of sp³-hybridized carbons (Fsp3) is 0.545. The average molecular weight is 282 g/mol. The van der Waals surface area contributed by atoms with Crippen molar-refractivity contribution in [3.8, 4) is 0 Å². The maximum atomic E-state index is 12.0. The Morgan fingerprint density at radius 1 is 1.35 bits per heavy atom. The van der Waals surface area contributed by atoms with Crippen LogP contribution in [-0.2, 0) is 11.8 Å². The third kappa shape index (κ3) is 1.75. The fourth-order valence-electron chi connectivity index (χ4n) is 2.38. The number of fused-ring (bicyclic) bond motifs is 1. The monoisotopic (exact) mass is 282 g/mol. The molecule has 108 valence electrons. The first-order valence-electron chi connectivity index (χ1n) is 6.08. The lowest BCUT2D eigenvalue weighted by atomic mass is 10.1. The summed E-state index contributed by atoms with van der Waals surface area (Å²) in [5.74, 6) is 0. The smallest absolute Gasteiger partial charge is 0.254 e. The van der Waals surface area contributed by atoms with Crippen LogP contribution in [0.3, 0.4) is 0 Å². The summed E-state index contributed by atoms with van der Waals surface area (Å²) in [6, 6.07) is 2.87. The van der Waals surface area contributed by atoms with Crippen LogP contribution >= 0.6 is 0 Å². The van der Waals surface area contributed by atoms with Gasteiger partial charge in [-0.1, -0.05) is 5.21 Å². The third-order valence-corrected chi connectivity index (χ3v) is 3.47. The van der Waals surface area contributed by atoms with E-state index >= 15 is 0 Å². The summed E-state index contributed by atoms with van der Waals surface area (Å²) in [4.78, 5) is 12.0. The number of hydrogen-bond acceptors (Lipinski definition) is 7. The minimum Gasteiger partial charge on any atom is -0.394 e. The Morgan fingerprint density at radius 3 is 2.75 bits per heavy atom. The van der Waals surface area contributed by atoms with E-state index in [-0.39, 0.29) is 5.65 Å². The van der Waals surface area contributed by atoms with Crippen LogP contribution in [0.2, 0.25) is 0 Å². The number of rotatable bonds is 2. The molecule has 1 aliphatic rings. The van der Waals surface area contributed by atoms with Crippen LogP contribution in [0.5, 0.6) is 0 Å². The molecular weight excluding hydrogens is 268 g/mol. The molecule has 4 atom stereocenters. The van der Waals surface area contributed by atoms with Crippen LogP contribution in [0.25, 0.3) is 11.2 Å². The van der Waals surface area contributed by atoms with Gasteiger partial charge in [0.25, 0.3) is 5.56 Å². The lowest BCUT2D eigenvalue weighted by Gasteiger charge is -2.17. The molecule has 1 fully saturated rings. The van der Waals surface area contributed by atoms with Crippen LogP contribution in [0.1, 0.15) is 6.23 Å². The maximum absolute atomic E-state index is 12.0. The lowest BCUT2D eigenvalue weighted by molar-refractivity contribution is -0.0524. The number of pyridine rings is 1. The number of aryl methyl sites for hydroxylation is 1. The maximum Gasteiger partial charge on any atom is 0.254 e. The van der Waals surface area contributed by atoms with Gasteiger partial charge in [-0.05, 0) is 6.07 Å². The molecule has 0 spiro atoms. The molecule has 20 heavy (non-hydrogen) atoms. The van der Waals surface area contributed by atoms with Gasteiger partial charge >= 0.3 is 0 Å². The van der Waals surface area contributed by atoms with Crippen molar-refractivity contribution >= 4 is 11.2 Å². The van der Waals surface area contributed by atoms with Crippen molar-refractivity contribution in [3.05, 3.63) is 22.5 Å². The number of aliphatic hydroxyl groups is 3. The summed E-state index contributed by atoms with van der Waals surface area (Å²) >= 11 is 0. The summed E-state index contributed by atoms with van der Waals surface area (Å²) in [6.07, 6.45) is -4.68. The molecule has 0 aliphatic carbocycles. The Bertz CT molecular complexity index is 696. The molecule has 9 heteroatoms. The molecule has 9 nitrogen and oxygen atoms in total. The number of nitrogens with zero attached hydrogens (tertiary/aromatic N) is 4. The summed E-state index contributed by atoms with van der Waals surface area (Å²) < 4.78 is 7.96. The Morgan fingerprint density at radius 2 is 2.10 bits per heavy atom. The number of aliphatic hydroxyl groups excluding tert-OH is 3. The van der Waals surface area contributed by atoms with Gasteiger partial charge in [-0.2, -0.15) is 0 Å². The zero-order valence-corrected chi connectivity index (χ0v) is 10.6. The van der Waals surface area contributed by atoms with Gasteiger partial charge in [-0.25, -0.2) is 4.68 Å². The van der Waals surface area contributed by atoms with Gasteiger partial charge in [0.2, 0.25) is 0 Å². The van der Waals surface area contributed by atoms with Crippen molar-refractivity contribution < 1.29 is 20.1 Å². The van der Waals surface area contributed by atoms with E-state index in [1.807, 2.05) is 0 Å². The van der Waals surface area contributed by atoms with Gasteiger partial charge < -0.3 is 20.1 Å². The van der Waals surface area contributed by atoms with E-state index in [1.54, 1.807) is 13.1 Å². The zero-order chi connectivity index (χ0) is 14.4. The van der Waals surface area contributed by atoms with Crippen molar-refractivity contribution in [1.82, 2.24) is 19.6 Å². The quantitative estimate of drug-likeness (QED) is 0.568. The molecular formula is C11H14N4O5. The first-order chi connectivity index (χ1) is 9.54. The standard InChI is InChI=1S/C11H14N4O5/c1-14-5-2-3-7(17)15(10(5)12-13-14)11-9(19)8(18)6(4-16)20-11/h2-3,6,8-9,11,16,18-19H,4H2,1H3/t6-,8+,9-,11+/m0/s1. The molecule has 0 saturated carbocycles. The minimum atomic E-state index is -1.34. The average Bonchev–Trinajstić information content (AvgIpc) is 2.93. The van der Waals surface area contributed by atoms with Gasteiger partial charge in [0.05, 0.1) is 6.61 Å². The summed E-state index contributed by atoms with van der Waals surface area (Å²) in [5.41, 5.74) is 0.394. The highest BCUT2D eigenvalue weighted by Crippen LogP contribution is 2.29. The Balaban J connectivity index is 2.15. The number of aromatic nitrogens is 4. The normalized spacial score (nSPS) is 30.2. The van der Waals surface area contributed by atoms with Crippen LogP contribution in [0.15, 0.2) is 16.9 Å². The molecule has 3 rings (SSSR count). The summed E-state index contributed by atoms with van der Waals surface area (Å²) in [7, 11) is 1.67. The minimum absolute atomic E-state index is 0.245. The van der Waals surface area contributed by atoms with Crippen molar-refractivity contribution in [2.45, 2.75) is 24.5 Å². The van der Waals surface area contributed by atoms with Crippen LogP contribution in [-0.4, -0.2) is 59.8 Å². The molecule has 0 unspecified atom stereocenters. The summed E-state index contributed by atoms with van der Waals surface area (Å²) in [6.45, 7) is -0.458. The largest absolute Gasteiger partial charge is 0.394 e. The molecule has 0 bridgehead atoms. The van der Waals surface area contributed by atoms with E-state index in [0.29, 0.717) is 5.52 Å². The second-order valence-corrected chi connectivity index (χ2v) is 4.69.